The summed E-state index contributed by atoms with van der Waals surface area (Å²) >= 11 is 0. The molecule has 0 heterocycles. The molecule has 0 amide bonds. The van der Waals surface area contributed by atoms with Crippen molar-refractivity contribution in [2.24, 2.45) is 33.5 Å². The second kappa shape index (κ2) is 7.84. The van der Waals surface area contributed by atoms with E-state index in [0.29, 0.717) is 11.8 Å². The first-order valence-electron chi connectivity index (χ1n) is 14.5. The maximum Gasteiger partial charge on any atom is 0.0506 e. The lowest BCUT2D eigenvalue weighted by Gasteiger charge is -2.41. The van der Waals surface area contributed by atoms with Crippen LogP contribution in [0, 0.1) is 33.5 Å². The monoisotopic (exact) mass is 500 g/mol. The summed E-state index contributed by atoms with van der Waals surface area (Å²) in [5, 5.41) is 0. The molecule has 6 rings (SSSR count). The van der Waals surface area contributed by atoms with Crippen molar-refractivity contribution in [1.82, 2.24) is 0 Å². The average molecular weight is 501 g/mol. The normalized spacial score (nSPS) is 25.6. The number of benzene rings is 3. The molecular formula is C38H44. The highest BCUT2D eigenvalue weighted by molar-refractivity contribution is 5.85. The van der Waals surface area contributed by atoms with E-state index in [9.17, 15) is 0 Å². The summed E-state index contributed by atoms with van der Waals surface area (Å²) in [6, 6.07) is 30.0. The second-order valence-corrected chi connectivity index (χ2v) is 15.1. The van der Waals surface area contributed by atoms with Crippen LogP contribution in [0.15, 0.2) is 102 Å². The SMILES string of the molecule is CC(C)(C)C1=CC2(C(C)(C)C)C(C(C(C)(C)C)=C1)C2C1(c2ccccc2)c2ccccc2-c2ccccc21. The molecule has 3 aliphatic rings. The Bertz CT molecular complexity index is 1410. The number of rotatable bonds is 2. The molecule has 0 bridgehead atoms. The molecule has 0 aromatic heterocycles. The third-order valence-corrected chi connectivity index (χ3v) is 10.0. The molecule has 3 aromatic carbocycles. The Morgan fingerprint density at radius 3 is 1.55 bits per heavy atom. The molecule has 3 unspecified atom stereocenters. The molecule has 0 nitrogen and oxygen atoms in total. The molecule has 0 N–H and O–H groups in total. The fraction of sp³-hybridized carbons (Fsp3) is 0.421. The summed E-state index contributed by atoms with van der Waals surface area (Å²) < 4.78 is 0. The van der Waals surface area contributed by atoms with Crippen molar-refractivity contribution in [3.63, 3.8) is 0 Å². The first-order chi connectivity index (χ1) is 17.8. The zero-order valence-corrected chi connectivity index (χ0v) is 24.8. The average Bonchev–Trinajstić information content (AvgIpc) is 3.47. The number of allylic oxidation sites excluding steroid dienone is 4. The van der Waals surface area contributed by atoms with Crippen molar-refractivity contribution in [1.29, 1.82) is 0 Å². The molecule has 0 radical (unpaired) electrons. The summed E-state index contributed by atoms with van der Waals surface area (Å²) in [7, 11) is 0. The van der Waals surface area contributed by atoms with Gasteiger partial charge in [-0.1, -0.05) is 159 Å². The van der Waals surface area contributed by atoms with Crippen LogP contribution >= 0.6 is 0 Å². The zero-order chi connectivity index (χ0) is 27.3. The Hall–Kier alpha value is -2.86. The van der Waals surface area contributed by atoms with Crippen LogP contribution in [0.1, 0.15) is 79.0 Å². The zero-order valence-electron chi connectivity index (χ0n) is 24.8. The summed E-state index contributed by atoms with van der Waals surface area (Å²) in [5.74, 6) is 0.903. The highest BCUT2D eigenvalue weighted by Gasteiger charge is 2.78. The van der Waals surface area contributed by atoms with Gasteiger partial charge in [-0.3, -0.25) is 0 Å². The Balaban J connectivity index is 1.76. The summed E-state index contributed by atoms with van der Waals surface area (Å²) in [6.07, 6.45) is 5.34. The van der Waals surface area contributed by atoms with Crippen LogP contribution in [0.5, 0.6) is 0 Å². The van der Waals surface area contributed by atoms with Gasteiger partial charge in [0, 0.05) is 5.41 Å². The van der Waals surface area contributed by atoms with E-state index >= 15 is 0 Å². The smallest absolute Gasteiger partial charge is 0.0506 e. The first kappa shape index (κ1) is 25.4. The number of hydrogen-bond donors (Lipinski definition) is 0. The van der Waals surface area contributed by atoms with Crippen LogP contribution in [0.2, 0.25) is 0 Å². The van der Waals surface area contributed by atoms with Gasteiger partial charge in [-0.2, -0.15) is 0 Å². The van der Waals surface area contributed by atoms with Crippen molar-refractivity contribution < 1.29 is 0 Å². The highest BCUT2D eigenvalue weighted by atomic mass is 14.8. The fourth-order valence-electron chi connectivity index (χ4n) is 8.25. The van der Waals surface area contributed by atoms with Gasteiger partial charge in [-0.15, -0.1) is 0 Å². The third-order valence-electron chi connectivity index (χ3n) is 10.0. The maximum absolute atomic E-state index is 2.74. The highest BCUT2D eigenvalue weighted by Crippen LogP contribution is 2.82. The van der Waals surface area contributed by atoms with E-state index in [2.05, 4.69) is 153 Å². The largest absolute Gasteiger partial charge is 0.0731 e. The minimum Gasteiger partial charge on any atom is -0.0731 e. The van der Waals surface area contributed by atoms with Crippen molar-refractivity contribution in [2.45, 2.75) is 67.7 Å². The van der Waals surface area contributed by atoms with Crippen LogP contribution in [-0.2, 0) is 5.41 Å². The van der Waals surface area contributed by atoms with Crippen molar-refractivity contribution in [2.75, 3.05) is 0 Å². The van der Waals surface area contributed by atoms with E-state index in [1.54, 1.807) is 5.57 Å². The summed E-state index contributed by atoms with van der Waals surface area (Å²) in [4.78, 5) is 0. The summed E-state index contributed by atoms with van der Waals surface area (Å²) in [6.45, 7) is 21.9. The molecule has 0 saturated heterocycles. The molecule has 3 aliphatic carbocycles. The van der Waals surface area contributed by atoms with E-state index in [1.165, 1.54) is 33.4 Å². The van der Waals surface area contributed by atoms with Gasteiger partial charge in [0.2, 0.25) is 0 Å². The quantitative estimate of drug-likeness (QED) is 0.328. The van der Waals surface area contributed by atoms with Crippen LogP contribution in [0.25, 0.3) is 11.1 Å². The number of fused-ring (bicyclic) bond motifs is 4. The van der Waals surface area contributed by atoms with Crippen molar-refractivity contribution in [3.05, 3.63) is 119 Å². The van der Waals surface area contributed by atoms with Crippen LogP contribution in [-0.4, -0.2) is 0 Å². The third kappa shape index (κ3) is 3.22. The minimum absolute atomic E-state index is 0.0490. The molecule has 3 atom stereocenters. The van der Waals surface area contributed by atoms with E-state index in [0.717, 1.165) is 0 Å². The van der Waals surface area contributed by atoms with Gasteiger partial charge in [-0.25, -0.2) is 0 Å². The molecule has 3 aromatic rings. The standard InChI is InChI=1S/C38H44/c1-34(2,3)26-23-31(35(4,5)6)32-33(37(32,24-26)36(7,8)9)38(25-17-11-10-12-18-25)29-21-15-13-19-27(29)28-20-14-16-22-30(28)38/h10-24,32-33H,1-9H3. The Kier molecular flexibility index (Phi) is 5.25. The topological polar surface area (TPSA) is 0 Å². The van der Waals surface area contributed by atoms with E-state index in [4.69, 9.17) is 0 Å². The van der Waals surface area contributed by atoms with Gasteiger partial charge in [0.15, 0.2) is 0 Å². The molecule has 0 heteroatoms. The lowest BCUT2D eigenvalue weighted by molar-refractivity contribution is 0.216. The van der Waals surface area contributed by atoms with Gasteiger partial charge in [0.25, 0.3) is 0 Å². The van der Waals surface area contributed by atoms with Crippen LogP contribution in [0.3, 0.4) is 0 Å². The van der Waals surface area contributed by atoms with Gasteiger partial charge < -0.3 is 0 Å². The van der Waals surface area contributed by atoms with Crippen LogP contribution in [0.4, 0.5) is 0 Å². The van der Waals surface area contributed by atoms with Crippen LogP contribution < -0.4 is 0 Å². The fourth-order valence-corrected chi connectivity index (χ4v) is 8.25. The molecule has 0 aliphatic heterocycles. The van der Waals surface area contributed by atoms with Crippen molar-refractivity contribution >= 4 is 0 Å². The molecule has 38 heavy (non-hydrogen) atoms. The molecule has 0 spiro atoms. The van der Waals surface area contributed by atoms with E-state index in [1.807, 2.05) is 0 Å². The van der Waals surface area contributed by atoms with E-state index < -0.39 is 0 Å². The minimum atomic E-state index is -0.208. The number of hydrogen-bond acceptors (Lipinski definition) is 0. The molecule has 1 saturated carbocycles. The maximum atomic E-state index is 2.74. The Morgan fingerprint density at radius 2 is 1.08 bits per heavy atom. The van der Waals surface area contributed by atoms with Crippen molar-refractivity contribution in [3.8, 4) is 11.1 Å². The molecule has 1 fully saturated rings. The van der Waals surface area contributed by atoms with Gasteiger partial charge in [0.1, 0.15) is 0 Å². The lowest BCUT2D eigenvalue weighted by Crippen LogP contribution is -2.36. The predicted octanol–water partition coefficient (Wildman–Crippen LogP) is 10.2. The lowest BCUT2D eigenvalue weighted by atomic mass is 9.62. The van der Waals surface area contributed by atoms with Gasteiger partial charge >= 0.3 is 0 Å². The van der Waals surface area contributed by atoms with Gasteiger partial charge in [0.05, 0.1) is 5.41 Å². The molecule has 196 valence electrons. The molecular weight excluding hydrogens is 456 g/mol. The summed E-state index contributed by atoms with van der Waals surface area (Å²) in [5.41, 5.74) is 10.5. The Labute approximate surface area is 230 Å². The Morgan fingerprint density at radius 1 is 0.579 bits per heavy atom. The van der Waals surface area contributed by atoms with Gasteiger partial charge in [-0.05, 0) is 61.5 Å². The van der Waals surface area contributed by atoms with E-state index in [-0.39, 0.29) is 27.1 Å². The first-order valence-corrected chi connectivity index (χ1v) is 14.5. The second-order valence-electron chi connectivity index (χ2n) is 15.1. The predicted molar refractivity (Wildman–Crippen MR) is 162 cm³/mol.